The molecule has 4 nitrogen and oxygen atoms in total. The molecule has 1 aromatic carbocycles. The van der Waals surface area contributed by atoms with Crippen LogP contribution in [0.5, 0.6) is 5.75 Å². The summed E-state index contributed by atoms with van der Waals surface area (Å²) in [5, 5.41) is 11.6. The molecule has 1 atom stereocenters. The SMILES string of the molecule is CC(CCBr)CCOc1cc(F)ccc1[N+](=O)[O-]. The van der Waals surface area contributed by atoms with E-state index in [0.29, 0.717) is 12.5 Å². The van der Waals surface area contributed by atoms with E-state index in [1.54, 1.807) is 0 Å². The van der Waals surface area contributed by atoms with Crippen molar-refractivity contribution in [1.82, 2.24) is 0 Å². The summed E-state index contributed by atoms with van der Waals surface area (Å²) in [6, 6.07) is 3.22. The zero-order valence-corrected chi connectivity index (χ0v) is 11.7. The molecule has 0 N–H and O–H groups in total. The van der Waals surface area contributed by atoms with Crippen molar-refractivity contribution in [2.45, 2.75) is 19.8 Å². The molecule has 0 saturated carbocycles. The Kier molecular flexibility index (Phi) is 6.04. The Bertz CT molecular complexity index is 414. The number of nitro groups is 1. The summed E-state index contributed by atoms with van der Waals surface area (Å²) in [6.45, 7) is 2.42. The van der Waals surface area contributed by atoms with Crippen LogP contribution in [-0.4, -0.2) is 16.9 Å². The summed E-state index contributed by atoms with van der Waals surface area (Å²) in [6.07, 6.45) is 1.79. The molecule has 6 heteroatoms. The lowest BCUT2D eigenvalue weighted by Gasteiger charge is -2.11. The first-order chi connectivity index (χ1) is 8.54. The Morgan fingerprint density at radius 1 is 1.50 bits per heavy atom. The number of hydrogen-bond donors (Lipinski definition) is 0. The Labute approximate surface area is 113 Å². The van der Waals surface area contributed by atoms with E-state index in [0.717, 1.165) is 36.4 Å². The lowest BCUT2D eigenvalue weighted by atomic mass is 10.1. The van der Waals surface area contributed by atoms with Gasteiger partial charge in [0.2, 0.25) is 0 Å². The van der Waals surface area contributed by atoms with Gasteiger partial charge in [0.15, 0.2) is 5.75 Å². The average Bonchev–Trinajstić information content (AvgIpc) is 2.29. The number of ether oxygens (including phenoxy) is 1. The second-order valence-corrected chi connectivity index (χ2v) is 4.88. The molecule has 0 aliphatic heterocycles. The molecule has 1 rings (SSSR count). The van der Waals surface area contributed by atoms with Crippen LogP contribution < -0.4 is 4.74 Å². The first-order valence-electron chi connectivity index (χ1n) is 5.67. The van der Waals surface area contributed by atoms with Gasteiger partial charge < -0.3 is 4.74 Å². The zero-order valence-electron chi connectivity index (χ0n) is 10.1. The minimum Gasteiger partial charge on any atom is -0.487 e. The molecule has 0 heterocycles. The number of nitro benzene ring substituents is 1. The maximum Gasteiger partial charge on any atom is 0.311 e. The van der Waals surface area contributed by atoms with Crippen molar-refractivity contribution in [2.24, 2.45) is 5.92 Å². The Hall–Kier alpha value is -1.17. The fraction of sp³-hybridized carbons (Fsp3) is 0.500. The second-order valence-electron chi connectivity index (χ2n) is 4.09. The van der Waals surface area contributed by atoms with Crippen molar-refractivity contribution in [3.05, 3.63) is 34.1 Å². The van der Waals surface area contributed by atoms with E-state index < -0.39 is 10.7 Å². The zero-order chi connectivity index (χ0) is 13.5. The van der Waals surface area contributed by atoms with Crippen molar-refractivity contribution < 1.29 is 14.1 Å². The predicted octanol–water partition coefficient (Wildman–Crippen LogP) is 3.92. The van der Waals surface area contributed by atoms with Crippen LogP contribution in [0.15, 0.2) is 18.2 Å². The summed E-state index contributed by atoms with van der Waals surface area (Å²) in [5.74, 6) is -0.0906. The summed E-state index contributed by atoms with van der Waals surface area (Å²) in [4.78, 5) is 10.2. The third-order valence-electron chi connectivity index (χ3n) is 2.59. The van der Waals surface area contributed by atoms with Crippen LogP contribution in [0.4, 0.5) is 10.1 Å². The molecule has 0 bridgehead atoms. The van der Waals surface area contributed by atoms with E-state index in [4.69, 9.17) is 4.74 Å². The molecule has 1 aromatic rings. The molecule has 0 aliphatic carbocycles. The number of nitrogens with zero attached hydrogens (tertiary/aromatic N) is 1. The maximum atomic E-state index is 13.0. The van der Waals surface area contributed by atoms with E-state index in [2.05, 4.69) is 22.9 Å². The molecule has 18 heavy (non-hydrogen) atoms. The van der Waals surface area contributed by atoms with Crippen LogP contribution in [0.2, 0.25) is 0 Å². The largest absolute Gasteiger partial charge is 0.487 e. The van der Waals surface area contributed by atoms with Crippen molar-refractivity contribution in [3.8, 4) is 5.75 Å². The van der Waals surface area contributed by atoms with Crippen LogP contribution in [0.1, 0.15) is 19.8 Å². The van der Waals surface area contributed by atoms with Gasteiger partial charge in [-0.3, -0.25) is 10.1 Å². The standard InChI is InChI=1S/C12H15BrFNO3/c1-9(4-6-13)5-7-18-12-8-10(14)2-3-11(12)15(16)17/h2-3,8-9H,4-7H2,1H3. The minimum absolute atomic E-state index is 0.00829. The molecule has 0 amide bonds. The quantitative estimate of drug-likeness (QED) is 0.435. The minimum atomic E-state index is -0.573. The van der Waals surface area contributed by atoms with Crippen LogP contribution in [0.25, 0.3) is 0 Å². The summed E-state index contributed by atoms with van der Waals surface area (Å²) < 4.78 is 18.3. The first kappa shape index (κ1) is 14.9. The van der Waals surface area contributed by atoms with E-state index in [-0.39, 0.29) is 11.4 Å². The van der Waals surface area contributed by atoms with Gasteiger partial charge in [-0.15, -0.1) is 0 Å². The molecule has 0 radical (unpaired) electrons. The summed E-state index contributed by atoms with van der Waals surface area (Å²) in [5.41, 5.74) is -0.204. The maximum absolute atomic E-state index is 13.0. The molecule has 0 aromatic heterocycles. The van der Waals surface area contributed by atoms with Gasteiger partial charge in [-0.25, -0.2) is 4.39 Å². The normalized spacial score (nSPS) is 12.2. The number of rotatable bonds is 7. The van der Waals surface area contributed by atoms with Crippen molar-refractivity contribution in [2.75, 3.05) is 11.9 Å². The number of hydrogen-bond acceptors (Lipinski definition) is 3. The third kappa shape index (κ3) is 4.60. The van der Waals surface area contributed by atoms with Crippen LogP contribution in [0.3, 0.4) is 0 Å². The number of benzene rings is 1. The van der Waals surface area contributed by atoms with Gasteiger partial charge in [0.25, 0.3) is 0 Å². The van der Waals surface area contributed by atoms with Crippen LogP contribution >= 0.6 is 15.9 Å². The van der Waals surface area contributed by atoms with Gasteiger partial charge in [0.05, 0.1) is 11.5 Å². The highest BCUT2D eigenvalue weighted by molar-refractivity contribution is 9.09. The predicted molar refractivity (Wildman–Crippen MR) is 70.7 cm³/mol. The van der Waals surface area contributed by atoms with Crippen LogP contribution in [-0.2, 0) is 0 Å². The molecule has 0 saturated heterocycles. The molecular weight excluding hydrogens is 305 g/mol. The van der Waals surface area contributed by atoms with Gasteiger partial charge in [-0.1, -0.05) is 22.9 Å². The van der Waals surface area contributed by atoms with E-state index >= 15 is 0 Å². The Balaban J connectivity index is 2.60. The Morgan fingerprint density at radius 2 is 2.22 bits per heavy atom. The monoisotopic (exact) mass is 319 g/mol. The fourth-order valence-corrected chi connectivity index (χ4v) is 2.24. The van der Waals surface area contributed by atoms with Crippen molar-refractivity contribution in [3.63, 3.8) is 0 Å². The van der Waals surface area contributed by atoms with Crippen LogP contribution in [0, 0.1) is 21.8 Å². The van der Waals surface area contributed by atoms with Gasteiger partial charge in [-0.05, 0) is 24.8 Å². The van der Waals surface area contributed by atoms with Gasteiger partial charge in [-0.2, -0.15) is 0 Å². The highest BCUT2D eigenvalue weighted by Crippen LogP contribution is 2.27. The average molecular weight is 320 g/mol. The van der Waals surface area contributed by atoms with E-state index in [9.17, 15) is 14.5 Å². The topological polar surface area (TPSA) is 52.4 Å². The highest BCUT2D eigenvalue weighted by atomic mass is 79.9. The first-order valence-corrected chi connectivity index (χ1v) is 6.79. The molecule has 100 valence electrons. The third-order valence-corrected chi connectivity index (χ3v) is 3.05. The molecule has 0 aliphatic rings. The summed E-state index contributed by atoms with van der Waals surface area (Å²) >= 11 is 3.35. The summed E-state index contributed by atoms with van der Waals surface area (Å²) in [7, 11) is 0. The van der Waals surface area contributed by atoms with Gasteiger partial charge in [0.1, 0.15) is 5.82 Å². The molecule has 1 unspecified atom stereocenters. The van der Waals surface area contributed by atoms with Crippen molar-refractivity contribution >= 4 is 21.6 Å². The molecule has 0 spiro atoms. The van der Waals surface area contributed by atoms with Gasteiger partial charge >= 0.3 is 5.69 Å². The fourth-order valence-electron chi connectivity index (χ4n) is 1.46. The van der Waals surface area contributed by atoms with Crippen molar-refractivity contribution in [1.29, 1.82) is 0 Å². The van der Waals surface area contributed by atoms with Gasteiger partial charge in [0, 0.05) is 17.5 Å². The lowest BCUT2D eigenvalue weighted by molar-refractivity contribution is -0.385. The number of halogens is 2. The van der Waals surface area contributed by atoms with E-state index in [1.165, 1.54) is 0 Å². The molecular formula is C12H15BrFNO3. The number of alkyl halides is 1. The lowest BCUT2D eigenvalue weighted by Crippen LogP contribution is -2.06. The van der Waals surface area contributed by atoms with E-state index in [1.807, 2.05) is 0 Å². The smallest absolute Gasteiger partial charge is 0.311 e. The highest BCUT2D eigenvalue weighted by Gasteiger charge is 2.16. The Morgan fingerprint density at radius 3 is 2.83 bits per heavy atom. The second kappa shape index (κ2) is 7.31. The molecule has 0 fully saturated rings.